The maximum absolute atomic E-state index is 12.6. The van der Waals surface area contributed by atoms with Crippen LogP contribution in [0, 0.1) is 5.41 Å². The van der Waals surface area contributed by atoms with Crippen molar-refractivity contribution in [2.75, 3.05) is 13.6 Å². The summed E-state index contributed by atoms with van der Waals surface area (Å²) in [4.78, 5) is 12.2. The van der Waals surface area contributed by atoms with Crippen LogP contribution in [-0.2, 0) is 21.4 Å². The van der Waals surface area contributed by atoms with E-state index in [0.29, 0.717) is 0 Å². The van der Waals surface area contributed by atoms with E-state index in [4.69, 9.17) is 4.74 Å². The molecule has 1 N–H and O–H groups in total. The molecule has 2 rings (SSSR count). The third kappa shape index (κ3) is 6.05. The van der Waals surface area contributed by atoms with Crippen LogP contribution in [0.2, 0.25) is 0 Å². The van der Waals surface area contributed by atoms with Crippen LogP contribution < -0.4 is 5.32 Å². The molecule has 1 aromatic heterocycles. The van der Waals surface area contributed by atoms with Gasteiger partial charge in [-0.2, -0.15) is 4.31 Å². The van der Waals surface area contributed by atoms with Crippen LogP contribution >= 0.6 is 11.3 Å². The van der Waals surface area contributed by atoms with Gasteiger partial charge in [0.15, 0.2) is 0 Å². The van der Waals surface area contributed by atoms with E-state index >= 15 is 0 Å². The lowest BCUT2D eigenvalue weighted by atomic mass is 9.87. The summed E-state index contributed by atoms with van der Waals surface area (Å²) in [6, 6.07) is 12.2. The molecular weight excluding hydrogens is 384 g/mol. The molecule has 27 heavy (non-hydrogen) atoms. The van der Waals surface area contributed by atoms with E-state index in [1.54, 1.807) is 17.5 Å². The first-order valence-corrected chi connectivity index (χ1v) is 10.9. The molecule has 0 saturated heterocycles. The zero-order valence-corrected chi connectivity index (χ0v) is 17.6. The Morgan fingerprint density at radius 1 is 1.19 bits per heavy atom. The molecule has 0 fully saturated rings. The molecule has 0 bridgehead atoms. The molecule has 0 saturated carbocycles. The smallest absolute Gasteiger partial charge is 0.407 e. The first kappa shape index (κ1) is 21.4. The summed E-state index contributed by atoms with van der Waals surface area (Å²) in [6.45, 7) is 6.14. The number of alkyl carbamates (subject to hydrolysis) is 1. The molecule has 0 unspecified atom stereocenters. The Bertz CT molecular complexity index is 828. The number of thiophene rings is 1. The van der Waals surface area contributed by atoms with Crippen molar-refractivity contribution in [3.63, 3.8) is 0 Å². The number of rotatable bonds is 7. The fraction of sp³-hybridized carbons (Fsp3) is 0.421. The molecule has 1 aromatic carbocycles. The van der Waals surface area contributed by atoms with Gasteiger partial charge in [-0.1, -0.05) is 57.2 Å². The van der Waals surface area contributed by atoms with E-state index in [1.165, 1.54) is 22.7 Å². The highest BCUT2D eigenvalue weighted by Crippen LogP contribution is 2.24. The van der Waals surface area contributed by atoms with E-state index in [-0.39, 0.29) is 22.8 Å². The van der Waals surface area contributed by atoms with Crippen LogP contribution in [0.15, 0.2) is 52.1 Å². The van der Waals surface area contributed by atoms with Crippen molar-refractivity contribution < 1.29 is 17.9 Å². The van der Waals surface area contributed by atoms with Crippen molar-refractivity contribution in [1.82, 2.24) is 9.62 Å². The van der Waals surface area contributed by atoms with E-state index in [2.05, 4.69) is 5.32 Å². The monoisotopic (exact) mass is 410 g/mol. The van der Waals surface area contributed by atoms with Gasteiger partial charge in [-0.3, -0.25) is 0 Å². The summed E-state index contributed by atoms with van der Waals surface area (Å²) < 4.78 is 32.1. The van der Waals surface area contributed by atoms with Gasteiger partial charge >= 0.3 is 6.09 Å². The molecule has 0 spiro atoms. The standard InChI is InChI=1S/C19H26N2O4S2/c1-19(2,3)16(13-21(4)27(23,24)17-11-8-12-26-17)20-18(22)25-14-15-9-6-5-7-10-15/h5-12,16H,13-14H2,1-4H3,(H,20,22)/t16-/m1/s1. The number of likely N-dealkylation sites (N-methyl/N-ethyl adjacent to an activating group) is 1. The third-order valence-corrected chi connectivity index (χ3v) is 7.35. The number of hydrogen-bond donors (Lipinski definition) is 1. The van der Waals surface area contributed by atoms with Crippen molar-refractivity contribution >= 4 is 27.5 Å². The minimum atomic E-state index is -3.58. The van der Waals surface area contributed by atoms with Gasteiger partial charge < -0.3 is 10.1 Å². The molecule has 0 radical (unpaired) electrons. The Balaban J connectivity index is 2.01. The Labute approximate surface area is 165 Å². The predicted molar refractivity (Wildman–Crippen MR) is 107 cm³/mol. The molecule has 1 atom stereocenters. The Morgan fingerprint density at radius 2 is 1.85 bits per heavy atom. The fourth-order valence-electron chi connectivity index (χ4n) is 2.36. The highest BCUT2D eigenvalue weighted by Gasteiger charge is 2.32. The third-order valence-electron chi connectivity index (χ3n) is 4.15. The molecule has 0 aliphatic carbocycles. The summed E-state index contributed by atoms with van der Waals surface area (Å²) in [5.41, 5.74) is 0.530. The SMILES string of the molecule is CN(C[C@@H](NC(=O)OCc1ccccc1)C(C)(C)C)S(=O)(=O)c1cccs1. The Kier molecular flexibility index (Phi) is 7.02. The molecule has 148 valence electrons. The largest absolute Gasteiger partial charge is 0.445 e. The highest BCUT2D eigenvalue weighted by atomic mass is 32.2. The van der Waals surface area contributed by atoms with Crippen molar-refractivity contribution in [2.45, 2.75) is 37.6 Å². The van der Waals surface area contributed by atoms with Gasteiger partial charge in [0.2, 0.25) is 0 Å². The summed E-state index contributed by atoms with van der Waals surface area (Å²) in [6.07, 6.45) is -0.569. The molecule has 0 aliphatic rings. The van der Waals surface area contributed by atoms with Gasteiger partial charge in [0.05, 0.1) is 6.04 Å². The molecular formula is C19H26N2O4S2. The Morgan fingerprint density at radius 3 is 2.41 bits per heavy atom. The summed E-state index contributed by atoms with van der Waals surface area (Å²) in [7, 11) is -2.06. The van der Waals surface area contributed by atoms with Crippen LogP contribution in [0.1, 0.15) is 26.3 Å². The number of hydrogen-bond acceptors (Lipinski definition) is 5. The lowest BCUT2D eigenvalue weighted by Crippen LogP contribution is -2.51. The summed E-state index contributed by atoms with van der Waals surface area (Å²) in [5, 5.41) is 4.54. The number of nitrogens with one attached hydrogen (secondary N) is 1. The zero-order valence-electron chi connectivity index (χ0n) is 16.0. The molecule has 1 amide bonds. The quantitative estimate of drug-likeness (QED) is 0.755. The number of carbonyl (C=O) groups excluding carboxylic acids is 1. The summed E-state index contributed by atoms with van der Waals surface area (Å²) in [5.74, 6) is 0. The van der Waals surface area contributed by atoms with E-state index in [1.807, 2.05) is 51.1 Å². The maximum Gasteiger partial charge on any atom is 0.407 e. The van der Waals surface area contributed by atoms with Gasteiger partial charge in [-0.05, 0) is 22.4 Å². The predicted octanol–water partition coefficient (Wildman–Crippen LogP) is 3.71. The lowest BCUT2D eigenvalue weighted by molar-refractivity contribution is 0.123. The van der Waals surface area contributed by atoms with Gasteiger partial charge in [-0.15, -0.1) is 11.3 Å². The minimum Gasteiger partial charge on any atom is -0.445 e. The number of carbonyl (C=O) groups is 1. The Hall–Kier alpha value is -1.90. The molecule has 1 heterocycles. The van der Waals surface area contributed by atoms with Crippen LogP contribution in [0.5, 0.6) is 0 Å². The van der Waals surface area contributed by atoms with Crippen LogP contribution in [0.3, 0.4) is 0 Å². The maximum atomic E-state index is 12.6. The fourth-order valence-corrected chi connectivity index (χ4v) is 4.75. The summed E-state index contributed by atoms with van der Waals surface area (Å²) >= 11 is 1.17. The van der Waals surface area contributed by atoms with Crippen LogP contribution in [0.4, 0.5) is 4.79 Å². The number of nitrogens with zero attached hydrogens (tertiary/aromatic N) is 1. The molecule has 8 heteroatoms. The topological polar surface area (TPSA) is 75.7 Å². The highest BCUT2D eigenvalue weighted by molar-refractivity contribution is 7.91. The molecule has 0 aliphatic heterocycles. The van der Waals surface area contributed by atoms with Crippen molar-refractivity contribution in [2.24, 2.45) is 5.41 Å². The number of ether oxygens (including phenoxy) is 1. The molecule has 6 nitrogen and oxygen atoms in total. The second kappa shape index (κ2) is 8.86. The average Bonchev–Trinajstić information content (AvgIpc) is 3.15. The average molecular weight is 411 g/mol. The first-order chi connectivity index (χ1) is 12.6. The first-order valence-electron chi connectivity index (χ1n) is 8.58. The van der Waals surface area contributed by atoms with Gasteiger partial charge in [0.1, 0.15) is 10.8 Å². The minimum absolute atomic E-state index is 0.143. The van der Waals surface area contributed by atoms with E-state index < -0.39 is 22.2 Å². The second-order valence-corrected chi connectivity index (χ2v) is 10.6. The second-order valence-electron chi connectivity index (χ2n) is 7.34. The van der Waals surface area contributed by atoms with Crippen molar-refractivity contribution in [3.05, 3.63) is 53.4 Å². The van der Waals surface area contributed by atoms with Gasteiger partial charge in [0, 0.05) is 13.6 Å². The number of amides is 1. The number of sulfonamides is 1. The van der Waals surface area contributed by atoms with Crippen LogP contribution in [0.25, 0.3) is 0 Å². The number of benzene rings is 1. The van der Waals surface area contributed by atoms with Crippen LogP contribution in [-0.4, -0.2) is 38.5 Å². The van der Waals surface area contributed by atoms with Gasteiger partial charge in [0.25, 0.3) is 10.0 Å². The normalized spacial score (nSPS) is 13.4. The van der Waals surface area contributed by atoms with E-state index in [9.17, 15) is 13.2 Å². The molecule has 2 aromatic rings. The van der Waals surface area contributed by atoms with Crippen molar-refractivity contribution in [1.29, 1.82) is 0 Å². The van der Waals surface area contributed by atoms with E-state index in [0.717, 1.165) is 5.56 Å². The lowest BCUT2D eigenvalue weighted by Gasteiger charge is -2.33. The van der Waals surface area contributed by atoms with Gasteiger partial charge in [-0.25, -0.2) is 13.2 Å². The zero-order chi connectivity index (χ0) is 20.1. The van der Waals surface area contributed by atoms with Crippen molar-refractivity contribution in [3.8, 4) is 0 Å².